The molecule has 0 heterocycles. The molecule has 0 bridgehead atoms. The first-order chi connectivity index (χ1) is 8.72. The number of imide groups is 1. The molecule has 6 N–H and O–H groups in total. The van der Waals surface area contributed by atoms with Crippen LogP contribution in [0.5, 0.6) is 11.5 Å². The van der Waals surface area contributed by atoms with Crippen LogP contribution in [0.1, 0.15) is 24.2 Å². The van der Waals surface area contributed by atoms with Gasteiger partial charge in [0, 0.05) is 0 Å². The molecular weight excluding hydrogens is 254 g/mol. The molecule has 0 aliphatic rings. The minimum Gasteiger partial charge on any atom is -0.504 e. The van der Waals surface area contributed by atoms with Crippen LogP contribution in [0.2, 0.25) is 0 Å². The van der Waals surface area contributed by atoms with Crippen molar-refractivity contribution >= 4 is 11.8 Å². The molecule has 8 nitrogen and oxygen atoms in total. The summed E-state index contributed by atoms with van der Waals surface area (Å²) in [6.07, 6.45) is 0. The fourth-order valence-corrected chi connectivity index (χ4v) is 1.27. The smallest absolute Gasteiger partial charge is 0.278 e. The average Bonchev–Trinajstić information content (AvgIpc) is 2.39. The van der Waals surface area contributed by atoms with Gasteiger partial charge in [0.15, 0.2) is 17.1 Å². The summed E-state index contributed by atoms with van der Waals surface area (Å²) in [5.41, 5.74) is -1.82. The minimum atomic E-state index is -1.50. The number of rotatable bonds is 3. The SMILES string of the molecule is CC(C)(ON)C(=O)N(N)C(=O)c1cccc(O)c1O. The van der Waals surface area contributed by atoms with E-state index in [0.717, 1.165) is 0 Å². The Morgan fingerprint density at radius 3 is 2.42 bits per heavy atom. The van der Waals surface area contributed by atoms with Gasteiger partial charge in [-0.15, -0.1) is 0 Å². The van der Waals surface area contributed by atoms with Crippen molar-refractivity contribution in [1.82, 2.24) is 5.01 Å². The Hall–Kier alpha value is -2.16. The van der Waals surface area contributed by atoms with Crippen molar-refractivity contribution in [3.63, 3.8) is 0 Å². The molecule has 0 atom stereocenters. The number of carbonyl (C=O) groups is 2. The second-order valence-corrected chi connectivity index (χ2v) is 4.28. The van der Waals surface area contributed by atoms with Crippen molar-refractivity contribution in [2.24, 2.45) is 11.7 Å². The van der Waals surface area contributed by atoms with Crippen LogP contribution in [0.15, 0.2) is 18.2 Å². The number of hydrogen-bond acceptors (Lipinski definition) is 7. The summed E-state index contributed by atoms with van der Waals surface area (Å²) >= 11 is 0. The molecule has 0 aliphatic carbocycles. The number of amides is 2. The van der Waals surface area contributed by atoms with E-state index in [1.54, 1.807) is 0 Å². The van der Waals surface area contributed by atoms with Crippen molar-refractivity contribution in [2.75, 3.05) is 0 Å². The van der Waals surface area contributed by atoms with E-state index in [4.69, 9.17) is 11.7 Å². The van der Waals surface area contributed by atoms with Gasteiger partial charge in [-0.05, 0) is 26.0 Å². The van der Waals surface area contributed by atoms with Gasteiger partial charge in [-0.3, -0.25) is 14.4 Å². The molecule has 2 amide bonds. The van der Waals surface area contributed by atoms with Crippen molar-refractivity contribution in [2.45, 2.75) is 19.4 Å². The predicted octanol–water partition coefficient (Wildman–Crippen LogP) is -0.391. The normalized spacial score (nSPS) is 11.2. The highest BCUT2D eigenvalue weighted by Crippen LogP contribution is 2.29. The van der Waals surface area contributed by atoms with Gasteiger partial charge in [-0.2, -0.15) is 0 Å². The third-order valence-electron chi connectivity index (χ3n) is 2.49. The van der Waals surface area contributed by atoms with Gasteiger partial charge in [-0.1, -0.05) is 6.07 Å². The van der Waals surface area contributed by atoms with E-state index in [0.29, 0.717) is 0 Å². The zero-order valence-corrected chi connectivity index (χ0v) is 10.5. The Morgan fingerprint density at radius 2 is 1.89 bits per heavy atom. The molecule has 0 aliphatic heterocycles. The quantitative estimate of drug-likeness (QED) is 0.253. The van der Waals surface area contributed by atoms with Crippen LogP contribution < -0.4 is 11.7 Å². The number of benzene rings is 1. The second-order valence-electron chi connectivity index (χ2n) is 4.28. The summed E-state index contributed by atoms with van der Waals surface area (Å²) in [7, 11) is 0. The van der Waals surface area contributed by atoms with Crippen LogP contribution in [-0.4, -0.2) is 32.6 Å². The van der Waals surface area contributed by atoms with E-state index in [1.165, 1.54) is 32.0 Å². The Morgan fingerprint density at radius 1 is 1.32 bits per heavy atom. The van der Waals surface area contributed by atoms with Crippen LogP contribution in [-0.2, 0) is 9.63 Å². The molecule has 104 valence electrons. The molecular formula is C11H15N3O5. The number of hydrogen-bond donors (Lipinski definition) is 4. The summed E-state index contributed by atoms with van der Waals surface area (Å²) in [6.45, 7) is 2.65. The summed E-state index contributed by atoms with van der Waals surface area (Å²) in [4.78, 5) is 28.2. The number of nitrogens with zero attached hydrogens (tertiary/aromatic N) is 1. The number of para-hydroxylation sites is 1. The van der Waals surface area contributed by atoms with E-state index in [9.17, 15) is 19.8 Å². The molecule has 1 aromatic carbocycles. The summed E-state index contributed by atoms with van der Waals surface area (Å²) < 4.78 is 0. The second kappa shape index (κ2) is 5.22. The maximum atomic E-state index is 11.9. The lowest BCUT2D eigenvalue weighted by Gasteiger charge is -2.25. The number of phenolic OH excluding ortho intramolecular Hbond substituents is 2. The zero-order chi connectivity index (χ0) is 14.8. The first kappa shape index (κ1) is 14.9. The van der Waals surface area contributed by atoms with Gasteiger partial charge in [0.05, 0.1) is 5.56 Å². The van der Waals surface area contributed by atoms with Crippen molar-refractivity contribution in [3.05, 3.63) is 23.8 Å². The van der Waals surface area contributed by atoms with E-state index in [-0.39, 0.29) is 10.6 Å². The summed E-state index contributed by atoms with van der Waals surface area (Å²) in [6, 6.07) is 3.72. The van der Waals surface area contributed by atoms with Gasteiger partial charge < -0.3 is 10.2 Å². The van der Waals surface area contributed by atoms with E-state index < -0.39 is 28.9 Å². The molecule has 8 heteroatoms. The molecule has 0 radical (unpaired) electrons. The number of phenols is 2. The van der Waals surface area contributed by atoms with E-state index in [2.05, 4.69) is 4.84 Å². The van der Waals surface area contributed by atoms with Gasteiger partial charge >= 0.3 is 0 Å². The number of hydrazine groups is 1. The van der Waals surface area contributed by atoms with Crippen LogP contribution in [0.25, 0.3) is 0 Å². The lowest BCUT2D eigenvalue weighted by atomic mass is 10.1. The van der Waals surface area contributed by atoms with Gasteiger partial charge in [-0.25, -0.2) is 16.7 Å². The Balaban J connectivity index is 3.07. The van der Waals surface area contributed by atoms with Crippen molar-refractivity contribution in [3.8, 4) is 11.5 Å². The van der Waals surface area contributed by atoms with Gasteiger partial charge in [0.25, 0.3) is 11.8 Å². The topological polar surface area (TPSA) is 139 Å². The minimum absolute atomic E-state index is 0.265. The number of nitrogens with two attached hydrogens (primary N) is 2. The zero-order valence-electron chi connectivity index (χ0n) is 10.5. The highest BCUT2D eigenvalue weighted by molar-refractivity contribution is 6.07. The molecule has 0 saturated heterocycles. The third-order valence-corrected chi connectivity index (χ3v) is 2.49. The molecule has 0 fully saturated rings. The fraction of sp³-hybridized carbons (Fsp3) is 0.273. The lowest BCUT2D eigenvalue weighted by molar-refractivity contribution is -0.152. The monoisotopic (exact) mass is 269 g/mol. The molecule has 0 unspecified atom stereocenters. The van der Waals surface area contributed by atoms with Crippen molar-refractivity contribution in [1.29, 1.82) is 0 Å². The van der Waals surface area contributed by atoms with Crippen LogP contribution in [0.4, 0.5) is 0 Å². The maximum absolute atomic E-state index is 11.9. The third kappa shape index (κ3) is 2.81. The molecule has 1 rings (SSSR count). The number of carbonyl (C=O) groups excluding carboxylic acids is 2. The van der Waals surface area contributed by atoms with Crippen LogP contribution >= 0.6 is 0 Å². The molecule has 0 saturated carbocycles. The number of aromatic hydroxyl groups is 2. The van der Waals surface area contributed by atoms with Crippen molar-refractivity contribution < 1.29 is 24.6 Å². The molecule has 0 aromatic heterocycles. The van der Waals surface area contributed by atoms with Crippen LogP contribution in [0.3, 0.4) is 0 Å². The first-order valence-electron chi connectivity index (χ1n) is 5.24. The maximum Gasteiger partial charge on any atom is 0.278 e. The average molecular weight is 269 g/mol. The fourth-order valence-electron chi connectivity index (χ4n) is 1.27. The molecule has 19 heavy (non-hydrogen) atoms. The largest absolute Gasteiger partial charge is 0.504 e. The van der Waals surface area contributed by atoms with E-state index in [1.807, 2.05) is 0 Å². The lowest BCUT2D eigenvalue weighted by Crippen LogP contribution is -2.53. The van der Waals surface area contributed by atoms with Crippen LogP contribution in [0, 0.1) is 0 Å². The predicted molar refractivity (Wildman–Crippen MR) is 64.5 cm³/mol. The summed E-state index contributed by atoms with van der Waals surface area (Å²) in [5.74, 6) is 7.25. The molecule has 1 aromatic rings. The standard InChI is InChI=1S/C11H15N3O5/c1-11(2,19-13)10(18)14(12)9(17)6-4-3-5-7(15)8(6)16/h3-5,15-16H,12-13H2,1-2H3. The first-order valence-corrected chi connectivity index (χ1v) is 5.24. The molecule has 0 spiro atoms. The Kier molecular flexibility index (Phi) is 4.10. The summed E-state index contributed by atoms with van der Waals surface area (Å²) in [5, 5.41) is 19.1. The van der Waals surface area contributed by atoms with Gasteiger partial charge in [0.2, 0.25) is 0 Å². The highest BCUT2D eigenvalue weighted by atomic mass is 16.6. The Labute approximate surface area is 109 Å². The Bertz CT molecular complexity index is 515. The van der Waals surface area contributed by atoms with Gasteiger partial charge in [0.1, 0.15) is 0 Å². The van der Waals surface area contributed by atoms with E-state index >= 15 is 0 Å². The highest BCUT2D eigenvalue weighted by Gasteiger charge is 2.35.